The molecule has 0 aliphatic carbocycles. The van der Waals surface area contributed by atoms with Crippen LogP contribution in [0.3, 0.4) is 0 Å². The Morgan fingerprint density at radius 1 is 1.27 bits per heavy atom. The number of nitriles is 1. The summed E-state index contributed by atoms with van der Waals surface area (Å²) in [5.41, 5.74) is -1.04. The van der Waals surface area contributed by atoms with Gasteiger partial charge in [0.05, 0.1) is 30.9 Å². The fourth-order valence-electron chi connectivity index (χ4n) is 2.61. The van der Waals surface area contributed by atoms with Crippen molar-refractivity contribution in [2.24, 2.45) is 0 Å². The third-order valence-corrected chi connectivity index (χ3v) is 3.89. The zero-order chi connectivity index (χ0) is 18.5. The average Bonchev–Trinajstić information content (AvgIpc) is 2.63. The van der Waals surface area contributed by atoms with E-state index in [2.05, 4.69) is 10.3 Å². The first kappa shape index (κ1) is 17.4. The smallest absolute Gasteiger partial charge is 0.326 e. The maximum Gasteiger partial charge on any atom is 0.326 e. The average molecular weight is 356 g/mol. The van der Waals surface area contributed by atoms with Gasteiger partial charge in [0, 0.05) is 12.5 Å². The normalized spacial score (nSPS) is 19.3. The van der Waals surface area contributed by atoms with Crippen LogP contribution in [0.4, 0.5) is 0 Å². The summed E-state index contributed by atoms with van der Waals surface area (Å²) in [7, 11) is 0. The molecular formula is C17H16N4O5. The van der Waals surface area contributed by atoms with Crippen LogP contribution in [0.2, 0.25) is 0 Å². The number of hydrogen-bond acceptors (Lipinski definition) is 6. The van der Waals surface area contributed by atoms with Crippen molar-refractivity contribution in [2.75, 3.05) is 13.2 Å². The zero-order valence-electron chi connectivity index (χ0n) is 13.7. The van der Waals surface area contributed by atoms with Crippen molar-refractivity contribution in [1.82, 2.24) is 15.3 Å². The second-order valence-corrected chi connectivity index (χ2v) is 5.74. The van der Waals surface area contributed by atoms with Crippen LogP contribution < -0.4 is 21.3 Å². The highest BCUT2D eigenvalue weighted by Crippen LogP contribution is 2.19. The molecule has 9 nitrogen and oxygen atoms in total. The number of carbonyl (C=O) groups is 1. The minimum atomic E-state index is -0.757. The lowest BCUT2D eigenvalue weighted by Gasteiger charge is -2.32. The van der Waals surface area contributed by atoms with Gasteiger partial charge >= 0.3 is 5.69 Å². The fourth-order valence-corrected chi connectivity index (χ4v) is 2.61. The first-order valence-electron chi connectivity index (χ1n) is 7.94. The molecule has 0 unspecified atom stereocenters. The molecule has 2 heterocycles. The molecule has 1 aromatic heterocycles. The number of benzene rings is 1. The Morgan fingerprint density at radius 2 is 2.04 bits per heavy atom. The summed E-state index contributed by atoms with van der Waals surface area (Å²) >= 11 is 0. The van der Waals surface area contributed by atoms with E-state index in [0.29, 0.717) is 24.3 Å². The van der Waals surface area contributed by atoms with Gasteiger partial charge in [0.15, 0.2) is 0 Å². The number of ether oxygens (including phenoxy) is 2. The Hall–Kier alpha value is -3.38. The number of nitrogens with zero attached hydrogens (tertiary/aromatic N) is 1. The molecule has 0 spiro atoms. The highest BCUT2D eigenvalue weighted by atomic mass is 16.5. The van der Waals surface area contributed by atoms with Gasteiger partial charge < -0.3 is 19.8 Å². The molecule has 2 atom stereocenters. The summed E-state index contributed by atoms with van der Waals surface area (Å²) in [6.07, 6.45) is 0.200. The van der Waals surface area contributed by atoms with E-state index in [-0.39, 0.29) is 18.4 Å². The van der Waals surface area contributed by atoms with Gasteiger partial charge in [-0.15, -0.1) is 0 Å². The summed E-state index contributed by atoms with van der Waals surface area (Å²) in [6, 6.07) is 9.23. The molecule has 26 heavy (non-hydrogen) atoms. The van der Waals surface area contributed by atoms with Gasteiger partial charge in [-0.25, -0.2) is 4.79 Å². The van der Waals surface area contributed by atoms with Crippen molar-refractivity contribution in [3.05, 3.63) is 62.4 Å². The van der Waals surface area contributed by atoms with Crippen molar-refractivity contribution in [3.63, 3.8) is 0 Å². The molecular weight excluding hydrogens is 340 g/mol. The van der Waals surface area contributed by atoms with Crippen molar-refractivity contribution in [2.45, 2.75) is 18.6 Å². The van der Waals surface area contributed by atoms with Crippen LogP contribution in [0.5, 0.6) is 5.75 Å². The van der Waals surface area contributed by atoms with Crippen molar-refractivity contribution in [3.8, 4) is 11.8 Å². The van der Waals surface area contributed by atoms with E-state index < -0.39 is 23.2 Å². The summed E-state index contributed by atoms with van der Waals surface area (Å²) in [5, 5.41) is 11.6. The van der Waals surface area contributed by atoms with Crippen LogP contribution in [-0.2, 0) is 4.74 Å². The highest BCUT2D eigenvalue weighted by Gasteiger charge is 2.29. The van der Waals surface area contributed by atoms with Crippen LogP contribution in [-0.4, -0.2) is 41.2 Å². The Kier molecular flexibility index (Phi) is 5.15. The topological polar surface area (TPSA) is 137 Å². The molecule has 134 valence electrons. The number of rotatable bonds is 4. The molecule has 1 saturated heterocycles. The lowest BCUT2D eigenvalue weighted by molar-refractivity contribution is -0.00295. The van der Waals surface area contributed by atoms with E-state index in [9.17, 15) is 14.4 Å². The van der Waals surface area contributed by atoms with Crippen molar-refractivity contribution >= 4 is 5.91 Å². The van der Waals surface area contributed by atoms with Crippen LogP contribution in [0, 0.1) is 11.3 Å². The number of amides is 1. The Bertz CT molecular complexity index is 913. The lowest BCUT2D eigenvalue weighted by Crippen LogP contribution is -2.52. The largest absolute Gasteiger partial charge is 0.488 e. The molecule has 1 aromatic carbocycles. The number of carbonyl (C=O) groups excluding carboxylic acids is 1. The minimum Gasteiger partial charge on any atom is -0.488 e. The third kappa shape index (κ3) is 4.17. The molecule has 3 rings (SSSR count). The number of H-pyrrole nitrogens is 2. The predicted octanol–water partition coefficient (Wildman–Crippen LogP) is -0.0988. The monoisotopic (exact) mass is 356 g/mol. The molecule has 3 N–H and O–H groups in total. The maximum atomic E-state index is 12.3. The Morgan fingerprint density at radius 3 is 2.73 bits per heavy atom. The van der Waals surface area contributed by atoms with E-state index >= 15 is 0 Å². The Balaban J connectivity index is 1.71. The van der Waals surface area contributed by atoms with Gasteiger partial charge in [0.1, 0.15) is 17.5 Å². The first-order chi connectivity index (χ1) is 12.5. The molecule has 0 saturated carbocycles. The number of nitrogens with one attached hydrogen (secondary N) is 3. The molecule has 0 bridgehead atoms. The predicted molar refractivity (Wildman–Crippen MR) is 89.9 cm³/mol. The lowest BCUT2D eigenvalue weighted by atomic mass is 10.1. The summed E-state index contributed by atoms with van der Waals surface area (Å²) in [5.74, 6) is -0.0307. The van der Waals surface area contributed by atoms with Crippen LogP contribution >= 0.6 is 0 Å². The van der Waals surface area contributed by atoms with Crippen LogP contribution in [0.1, 0.15) is 22.5 Å². The molecule has 9 heteroatoms. The number of hydrogen-bond donors (Lipinski definition) is 3. The maximum absolute atomic E-state index is 12.3. The fraction of sp³-hybridized carbons (Fsp3) is 0.294. The van der Waals surface area contributed by atoms with E-state index in [1.165, 1.54) is 0 Å². The number of aromatic nitrogens is 2. The minimum absolute atomic E-state index is 0.138. The van der Waals surface area contributed by atoms with Gasteiger partial charge in [0.2, 0.25) is 0 Å². The zero-order valence-corrected chi connectivity index (χ0v) is 13.7. The van der Waals surface area contributed by atoms with Gasteiger partial charge in [0.25, 0.3) is 11.5 Å². The van der Waals surface area contributed by atoms with Crippen LogP contribution in [0.15, 0.2) is 39.9 Å². The molecule has 0 radical (unpaired) electrons. The van der Waals surface area contributed by atoms with E-state index in [1.54, 1.807) is 24.3 Å². The first-order valence-corrected chi connectivity index (χ1v) is 7.94. The standard InChI is InChI=1S/C17H16N4O5/c18-8-10-1-3-11(4-2-10)26-14-5-6-25-9-13(14)19-16(23)12-7-15(22)21-17(24)20-12/h1-4,7,13-14H,5-6,9H2,(H,19,23)(H2,20,21,22,24)/t13-,14-/m1/s1. The molecule has 1 aliphatic rings. The van der Waals surface area contributed by atoms with Gasteiger partial charge in [-0.2, -0.15) is 5.26 Å². The second-order valence-electron chi connectivity index (χ2n) is 5.74. The van der Waals surface area contributed by atoms with Gasteiger partial charge in [-0.1, -0.05) is 0 Å². The molecule has 2 aromatic rings. The van der Waals surface area contributed by atoms with E-state index in [4.69, 9.17) is 14.7 Å². The highest BCUT2D eigenvalue weighted by molar-refractivity contribution is 5.92. The summed E-state index contributed by atoms with van der Waals surface area (Å²) < 4.78 is 11.3. The van der Waals surface area contributed by atoms with Gasteiger partial charge in [-0.05, 0) is 24.3 Å². The quantitative estimate of drug-likeness (QED) is 0.700. The SMILES string of the molecule is N#Cc1ccc(O[C@@H]2CCOC[C@H]2NC(=O)c2cc(=O)[nH]c(=O)[nH]2)cc1. The van der Waals surface area contributed by atoms with E-state index in [0.717, 1.165) is 6.07 Å². The molecule has 1 amide bonds. The van der Waals surface area contributed by atoms with Gasteiger partial charge in [-0.3, -0.25) is 14.6 Å². The van der Waals surface area contributed by atoms with Crippen LogP contribution in [0.25, 0.3) is 0 Å². The third-order valence-electron chi connectivity index (χ3n) is 3.89. The Labute approximate surface area is 147 Å². The van der Waals surface area contributed by atoms with Crippen molar-refractivity contribution in [1.29, 1.82) is 5.26 Å². The van der Waals surface area contributed by atoms with E-state index in [1.807, 2.05) is 11.1 Å². The molecule has 1 aliphatic heterocycles. The molecule has 1 fully saturated rings. The second kappa shape index (κ2) is 7.67. The summed E-state index contributed by atoms with van der Waals surface area (Å²) in [6.45, 7) is 0.718. The number of aromatic amines is 2. The van der Waals surface area contributed by atoms with Crippen molar-refractivity contribution < 1.29 is 14.3 Å². The summed E-state index contributed by atoms with van der Waals surface area (Å²) in [4.78, 5) is 39.2.